The van der Waals surface area contributed by atoms with Gasteiger partial charge in [0, 0.05) is 15.4 Å². The molecule has 3 atom stereocenters. The third-order valence-corrected chi connectivity index (χ3v) is 5.24. The van der Waals surface area contributed by atoms with Gasteiger partial charge in [-0.3, -0.25) is 0 Å². The van der Waals surface area contributed by atoms with Gasteiger partial charge in [-0.25, -0.2) is 4.39 Å². The molecule has 2 rings (SSSR count). The monoisotopic (exact) mass is 318 g/mol. The van der Waals surface area contributed by atoms with Crippen LogP contribution in [0.15, 0.2) is 18.2 Å². The Kier molecular flexibility index (Phi) is 4.48. The average Bonchev–Trinajstić information content (AvgIpc) is 2.28. The van der Waals surface area contributed by atoms with Crippen molar-refractivity contribution in [1.82, 2.24) is 0 Å². The summed E-state index contributed by atoms with van der Waals surface area (Å²) < 4.78 is 13.7. The van der Waals surface area contributed by atoms with E-state index in [1.807, 2.05) is 0 Å². The second-order valence-electron chi connectivity index (χ2n) is 5.10. The zero-order valence-corrected chi connectivity index (χ0v) is 12.3. The molecule has 0 nitrogen and oxygen atoms in total. The molecule has 0 aliphatic heterocycles. The van der Waals surface area contributed by atoms with Gasteiger partial charge in [-0.15, -0.1) is 0 Å². The van der Waals surface area contributed by atoms with Crippen LogP contribution in [0.5, 0.6) is 0 Å². The molecule has 1 aromatic rings. The molecule has 17 heavy (non-hydrogen) atoms. The van der Waals surface area contributed by atoms with E-state index in [9.17, 15) is 4.39 Å². The molecule has 1 saturated carbocycles. The highest BCUT2D eigenvalue weighted by atomic mass is 79.9. The van der Waals surface area contributed by atoms with Crippen molar-refractivity contribution in [3.8, 4) is 0 Å². The fraction of sp³-hybridized carbons (Fsp3) is 0.571. The summed E-state index contributed by atoms with van der Waals surface area (Å²) in [5.41, 5.74) is 0.678. The van der Waals surface area contributed by atoms with Crippen LogP contribution < -0.4 is 0 Å². The minimum Gasteiger partial charge on any atom is -0.207 e. The minimum atomic E-state index is -0.171. The van der Waals surface area contributed by atoms with E-state index in [0.29, 0.717) is 21.3 Å². The molecule has 0 spiro atoms. The summed E-state index contributed by atoms with van der Waals surface area (Å²) in [5.74, 6) is 1.06. The largest absolute Gasteiger partial charge is 0.207 e. The van der Waals surface area contributed by atoms with E-state index in [0.717, 1.165) is 18.8 Å². The predicted octanol–water partition coefficient (Wildman–Crippen LogP) is 5.22. The topological polar surface area (TPSA) is 0 Å². The number of hydrogen-bond acceptors (Lipinski definition) is 0. The summed E-state index contributed by atoms with van der Waals surface area (Å²) in [5, 5.41) is 0.558. The molecule has 0 aromatic heterocycles. The van der Waals surface area contributed by atoms with Crippen molar-refractivity contribution in [2.24, 2.45) is 11.8 Å². The first kappa shape index (κ1) is 13.4. The van der Waals surface area contributed by atoms with Crippen LogP contribution in [0.2, 0.25) is 5.02 Å². The summed E-state index contributed by atoms with van der Waals surface area (Å²) in [4.78, 5) is 0.495. The van der Waals surface area contributed by atoms with Gasteiger partial charge in [-0.2, -0.15) is 0 Å². The molecule has 0 heterocycles. The first-order chi connectivity index (χ1) is 8.08. The van der Waals surface area contributed by atoms with Crippen LogP contribution >= 0.6 is 27.5 Å². The maximum atomic E-state index is 13.7. The van der Waals surface area contributed by atoms with Gasteiger partial charge in [-0.05, 0) is 49.7 Å². The maximum Gasteiger partial charge on any atom is 0.127 e. The summed E-state index contributed by atoms with van der Waals surface area (Å²) in [6.45, 7) is 2.27. The molecule has 0 N–H and O–H groups in total. The second kappa shape index (κ2) is 5.71. The molecule has 0 bridgehead atoms. The third kappa shape index (κ3) is 3.23. The van der Waals surface area contributed by atoms with Gasteiger partial charge in [0.1, 0.15) is 5.82 Å². The van der Waals surface area contributed by atoms with Crippen molar-refractivity contribution in [3.05, 3.63) is 34.6 Å². The summed E-state index contributed by atoms with van der Waals surface area (Å²) >= 11 is 9.80. The van der Waals surface area contributed by atoms with E-state index >= 15 is 0 Å². The normalized spacial score (nSPS) is 29.3. The van der Waals surface area contributed by atoms with Crippen LogP contribution in [0, 0.1) is 17.7 Å². The van der Waals surface area contributed by atoms with Crippen LogP contribution in [-0.4, -0.2) is 4.83 Å². The zero-order valence-electron chi connectivity index (χ0n) is 9.93. The minimum absolute atomic E-state index is 0.171. The molecule has 0 amide bonds. The first-order valence-electron chi connectivity index (χ1n) is 6.15. The number of rotatable bonds is 2. The van der Waals surface area contributed by atoms with Crippen LogP contribution in [0.4, 0.5) is 4.39 Å². The van der Waals surface area contributed by atoms with E-state index < -0.39 is 0 Å². The number of hydrogen-bond donors (Lipinski definition) is 0. The van der Waals surface area contributed by atoms with Crippen molar-refractivity contribution >= 4 is 27.5 Å². The molecule has 94 valence electrons. The molecule has 1 aliphatic carbocycles. The van der Waals surface area contributed by atoms with Crippen molar-refractivity contribution in [1.29, 1.82) is 0 Å². The average molecular weight is 320 g/mol. The second-order valence-corrected chi connectivity index (χ2v) is 6.68. The van der Waals surface area contributed by atoms with Crippen molar-refractivity contribution < 1.29 is 4.39 Å². The van der Waals surface area contributed by atoms with Crippen LogP contribution in [0.25, 0.3) is 0 Å². The van der Waals surface area contributed by atoms with Crippen LogP contribution in [-0.2, 0) is 6.42 Å². The van der Waals surface area contributed by atoms with Crippen molar-refractivity contribution in [2.45, 2.75) is 37.4 Å². The summed E-state index contributed by atoms with van der Waals surface area (Å²) in [6.07, 6.45) is 4.33. The molecule has 0 radical (unpaired) electrons. The van der Waals surface area contributed by atoms with E-state index in [1.165, 1.54) is 18.9 Å². The highest BCUT2D eigenvalue weighted by Crippen LogP contribution is 2.37. The maximum absolute atomic E-state index is 13.7. The van der Waals surface area contributed by atoms with Gasteiger partial charge in [0.25, 0.3) is 0 Å². The molecule has 1 aromatic carbocycles. The van der Waals surface area contributed by atoms with Crippen molar-refractivity contribution in [3.63, 3.8) is 0 Å². The predicted molar refractivity (Wildman–Crippen MR) is 74.3 cm³/mol. The Balaban J connectivity index is 2.14. The molecule has 0 saturated heterocycles. The molecule has 1 fully saturated rings. The number of halogens is 3. The molecular weight excluding hydrogens is 303 g/mol. The van der Waals surface area contributed by atoms with Gasteiger partial charge in [0.2, 0.25) is 0 Å². The van der Waals surface area contributed by atoms with Gasteiger partial charge in [0.15, 0.2) is 0 Å². The van der Waals surface area contributed by atoms with E-state index in [-0.39, 0.29) is 5.82 Å². The first-order valence-corrected chi connectivity index (χ1v) is 7.44. The Bertz CT molecular complexity index is 374. The molecular formula is C14H17BrClF. The van der Waals surface area contributed by atoms with Crippen LogP contribution in [0.3, 0.4) is 0 Å². The highest BCUT2D eigenvalue weighted by molar-refractivity contribution is 9.09. The fourth-order valence-electron chi connectivity index (χ4n) is 2.66. The Labute approximate surface area is 116 Å². The van der Waals surface area contributed by atoms with E-state index in [4.69, 9.17) is 11.6 Å². The lowest BCUT2D eigenvalue weighted by atomic mass is 9.79. The number of alkyl halides is 1. The lowest BCUT2D eigenvalue weighted by Crippen LogP contribution is -2.26. The van der Waals surface area contributed by atoms with E-state index in [2.05, 4.69) is 22.9 Å². The molecule has 1 aliphatic rings. The SMILES string of the molecule is CC1CCC(Br)C(Cc2c(F)cccc2Cl)C1. The zero-order chi connectivity index (χ0) is 12.4. The smallest absolute Gasteiger partial charge is 0.127 e. The Morgan fingerprint density at radius 2 is 2.18 bits per heavy atom. The van der Waals surface area contributed by atoms with Crippen LogP contribution in [0.1, 0.15) is 31.7 Å². The molecule has 3 unspecified atom stereocenters. The standard InChI is InChI=1S/C14H17BrClF/c1-9-5-6-12(15)10(7-9)8-11-13(16)3-2-4-14(11)17/h2-4,9-10,12H,5-8H2,1H3. The Hall–Kier alpha value is -0.0800. The Morgan fingerprint density at radius 1 is 1.41 bits per heavy atom. The number of benzene rings is 1. The summed E-state index contributed by atoms with van der Waals surface area (Å²) in [7, 11) is 0. The van der Waals surface area contributed by atoms with Gasteiger partial charge in [0.05, 0.1) is 0 Å². The fourth-order valence-corrected chi connectivity index (χ4v) is 3.57. The lowest BCUT2D eigenvalue weighted by Gasteiger charge is -2.31. The lowest BCUT2D eigenvalue weighted by molar-refractivity contribution is 0.292. The molecule has 3 heteroatoms. The van der Waals surface area contributed by atoms with Gasteiger partial charge >= 0.3 is 0 Å². The third-order valence-electron chi connectivity index (χ3n) is 3.68. The quantitative estimate of drug-likeness (QED) is 0.655. The van der Waals surface area contributed by atoms with Gasteiger partial charge in [-0.1, -0.05) is 40.5 Å². The van der Waals surface area contributed by atoms with E-state index in [1.54, 1.807) is 12.1 Å². The summed E-state index contributed by atoms with van der Waals surface area (Å²) in [6, 6.07) is 4.93. The van der Waals surface area contributed by atoms with Crippen molar-refractivity contribution in [2.75, 3.05) is 0 Å². The Morgan fingerprint density at radius 3 is 2.88 bits per heavy atom. The highest BCUT2D eigenvalue weighted by Gasteiger charge is 2.28. The van der Waals surface area contributed by atoms with Gasteiger partial charge < -0.3 is 0 Å².